The lowest BCUT2D eigenvalue weighted by molar-refractivity contribution is 0.243. The van der Waals surface area contributed by atoms with Crippen molar-refractivity contribution in [2.24, 2.45) is 0 Å². The standard InChI is InChI=1S/C15H23ClN2O2/c1-11-10-13(19-2)15(20-3)14(16)12(11)4-7-18-8-5-17-6-9-18/h10,17H,4-9H2,1-3H3. The van der Waals surface area contributed by atoms with E-state index in [4.69, 9.17) is 21.1 Å². The average molecular weight is 299 g/mol. The lowest BCUT2D eigenvalue weighted by Gasteiger charge is -2.27. The third-order valence-corrected chi connectivity index (χ3v) is 4.22. The van der Waals surface area contributed by atoms with Gasteiger partial charge in [0, 0.05) is 32.7 Å². The Balaban J connectivity index is 2.14. The van der Waals surface area contributed by atoms with Crippen LogP contribution in [0.5, 0.6) is 11.5 Å². The molecule has 1 saturated heterocycles. The van der Waals surface area contributed by atoms with Crippen LogP contribution in [0.3, 0.4) is 0 Å². The quantitative estimate of drug-likeness (QED) is 0.903. The first-order valence-electron chi connectivity index (χ1n) is 7.00. The predicted octanol–water partition coefficient (Wildman–Crippen LogP) is 2.11. The second-order valence-electron chi connectivity index (χ2n) is 5.06. The van der Waals surface area contributed by atoms with Gasteiger partial charge in [0.2, 0.25) is 0 Å². The van der Waals surface area contributed by atoms with E-state index in [2.05, 4.69) is 17.1 Å². The Morgan fingerprint density at radius 2 is 1.95 bits per heavy atom. The minimum atomic E-state index is 0.634. The van der Waals surface area contributed by atoms with Crippen LogP contribution in [0.2, 0.25) is 5.02 Å². The Morgan fingerprint density at radius 3 is 2.55 bits per heavy atom. The molecule has 2 rings (SSSR count). The molecule has 0 aliphatic carbocycles. The molecular formula is C15H23ClN2O2. The number of hydrogen-bond acceptors (Lipinski definition) is 4. The van der Waals surface area contributed by atoms with E-state index in [1.54, 1.807) is 14.2 Å². The van der Waals surface area contributed by atoms with Gasteiger partial charge in [-0.3, -0.25) is 0 Å². The number of halogens is 1. The van der Waals surface area contributed by atoms with Crippen LogP contribution in [0.1, 0.15) is 11.1 Å². The van der Waals surface area contributed by atoms with Gasteiger partial charge in [-0.05, 0) is 30.5 Å². The number of aryl methyl sites for hydroxylation is 1. The molecule has 20 heavy (non-hydrogen) atoms. The summed E-state index contributed by atoms with van der Waals surface area (Å²) in [4.78, 5) is 2.46. The Hall–Kier alpha value is -0.970. The van der Waals surface area contributed by atoms with Gasteiger partial charge in [-0.25, -0.2) is 0 Å². The van der Waals surface area contributed by atoms with Crippen molar-refractivity contribution in [3.63, 3.8) is 0 Å². The molecule has 4 nitrogen and oxygen atoms in total. The van der Waals surface area contributed by atoms with E-state index in [-0.39, 0.29) is 0 Å². The number of piperazine rings is 1. The Morgan fingerprint density at radius 1 is 1.25 bits per heavy atom. The first-order valence-corrected chi connectivity index (χ1v) is 7.38. The zero-order valence-electron chi connectivity index (χ0n) is 12.5. The van der Waals surface area contributed by atoms with Gasteiger partial charge in [-0.2, -0.15) is 0 Å². The van der Waals surface area contributed by atoms with Crippen LogP contribution >= 0.6 is 11.6 Å². The monoisotopic (exact) mass is 298 g/mol. The van der Waals surface area contributed by atoms with Gasteiger partial charge in [0.1, 0.15) is 0 Å². The third kappa shape index (κ3) is 3.37. The smallest absolute Gasteiger partial charge is 0.179 e. The molecule has 1 aliphatic heterocycles. The molecule has 0 aromatic heterocycles. The first kappa shape index (κ1) is 15.4. The molecule has 0 saturated carbocycles. The fourth-order valence-corrected chi connectivity index (χ4v) is 3.03. The van der Waals surface area contributed by atoms with E-state index in [0.29, 0.717) is 16.5 Å². The maximum Gasteiger partial charge on any atom is 0.179 e. The summed E-state index contributed by atoms with van der Waals surface area (Å²) in [7, 11) is 3.26. The van der Waals surface area contributed by atoms with Gasteiger partial charge in [0.05, 0.1) is 19.2 Å². The summed E-state index contributed by atoms with van der Waals surface area (Å²) in [5.74, 6) is 1.33. The van der Waals surface area contributed by atoms with E-state index in [1.165, 1.54) is 0 Å². The molecule has 1 aromatic rings. The van der Waals surface area contributed by atoms with E-state index in [0.717, 1.165) is 50.3 Å². The second kappa shape index (κ2) is 7.16. The average Bonchev–Trinajstić information content (AvgIpc) is 2.47. The Kier molecular flexibility index (Phi) is 5.52. The van der Waals surface area contributed by atoms with Crippen LogP contribution in [0.15, 0.2) is 6.07 Å². The van der Waals surface area contributed by atoms with E-state index >= 15 is 0 Å². The summed E-state index contributed by atoms with van der Waals surface area (Å²) in [5.41, 5.74) is 2.31. The van der Waals surface area contributed by atoms with Crippen molar-refractivity contribution >= 4 is 11.6 Å². The summed E-state index contributed by atoms with van der Waals surface area (Å²) in [6.45, 7) is 7.43. The summed E-state index contributed by atoms with van der Waals surface area (Å²) in [6.07, 6.45) is 0.936. The number of hydrogen-bond donors (Lipinski definition) is 1. The van der Waals surface area contributed by atoms with Gasteiger partial charge in [-0.15, -0.1) is 0 Å². The summed E-state index contributed by atoms with van der Waals surface area (Å²) >= 11 is 6.48. The van der Waals surface area contributed by atoms with Gasteiger partial charge < -0.3 is 19.7 Å². The van der Waals surface area contributed by atoms with E-state index in [1.807, 2.05) is 6.07 Å². The van der Waals surface area contributed by atoms with Crippen molar-refractivity contribution < 1.29 is 9.47 Å². The molecule has 1 fully saturated rings. The summed E-state index contributed by atoms with van der Waals surface area (Å²) in [6, 6.07) is 2.00. The number of rotatable bonds is 5. The molecule has 1 aliphatic rings. The summed E-state index contributed by atoms with van der Waals surface area (Å²) in [5, 5.41) is 4.04. The lowest BCUT2D eigenvalue weighted by atomic mass is 10.0. The fraction of sp³-hybridized carbons (Fsp3) is 0.600. The van der Waals surface area contributed by atoms with Crippen LogP contribution < -0.4 is 14.8 Å². The van der Waals surface area contributed by atoms with Crippen molar-refractivity contribution in [3.05, 3.63) is 22.2 Å². The van der Waals surface area contributed by atoms with Crippen molar-refractivity contribution in [2.45, 2.75) is 13.3 Å². The molecule has 1 aromatic carbocycles. The minimum absolute atomic E-state index is 0.634. The molecule has 0 amide bonds. The maximum absolute atomic E-state index is 6.48. The SMILES string of the molecule is COc1cc(C)c(CCN2CCNCC2)c(Cl)c1OC. The normalized spacial score (nSPS) is 16.2. The maximum atomic E-state index is 6.48. The van der Waals surface area contributed by atoms with Crippen molar-refractivity contribution in [2.75, 3.05) is 46.9 Å². The zero-order valence-corrected chi connectivity index (χ0v) is 13.2. The highest BCUT2D eigenvalue weighted by atomic mass is 35.5. The van der Waals surface area contributed by atoms with Crippen LogP contribution in [0.25, 0.3) is 0 Å². The Bertz CT molecular complexity index is 460. The van der Waals surface area contributed by atoms with E-state index < -0.39 is 0 Å². The molecular weight excluding hydrogens is 276 g/mol. The fourth-order valence-electron chi connectivity index (χ4n) is 2.62. The van der Waals surface area contributed by atoms with Gasteiger partial charge in [0.25, 0.3) is 0 Å². The minimum Gasteiger partial charge on any atom is -0.493 e. The van der Waals surface area contributed by atoms with Gasteiger partial charge >= 0.3 is 0 Å². The van der Waals surface area contributed by atoms with Crippen molar-refractivity contribution in [3.8, 4) is 11.5 Å². The predicted molar refractivity (Wildman–Crippen MR) is 82.3 cm³/mol. The Labute approximate surface area is 126 Å². The molecule has 0 spiro atoms. The third-order valence-electron chi connectivity index (χ3n) is 3.82. The molecule has 0 unspecified atom stereocenters. The topological polar surface area (TPSA) is 33.7 Å². The zero-order chi connectivity index (χ0) is 14.5. The van der Waals surface area contributed by atoms with Gasteiger partial charge in [-0.1, -0.05) is 11.6 Å². The number of methoxy groups -OCH3 is 2. The molecule has 112 valence electrons. The molecule has 1 heterocycles. The largest absolute Gasteiger partial charge is 0.493 e. The van der Waals surface area contributed by atoms with Crippen LogP contribution in [-0.2, 0) is 6.42 Å². The second-order valence-corrected chi connectivity index (χ2v) is 5.44. The highest BCUT2D eigenvalue weighted by Gasteiger charge is 2.17. The highest BCUT2D eigenvalue weighted by Crippen LogP contribution is 2.39. The van der Waals surface area contributed by atoms with Crippen molar-refractivity contribution in [1.82, 2.24) is 10.2 Å². The molecule has 1 N–H and O–H groups in total. The highest BCUT2D eigenvalue weighted by molar-refractivity contribution is 6.33. The van der Waals surface area contributed by atoms with Crippen LogP contribution in [-0.4, -0.2) is 51.8 Å². The molecule has 0 radical (unpaired) electrons. The van der Waals surface area contributed by atoms with Crippen LogP contribution in [0, 0.1) is 6.92 Å². The number of nitrogens with one attached hydrogen (secondary N) is 1. The molecule has 0 bridgehead atoms. The number of benzene rings is 1. The molecule has 0 atom stereocenters. The van der Waals surface area contributed by atoms with E-state index in [9.17, 15) is 0 Å². The van der Waals surface area contributed by atoms with Crippen molar-refractivity contribution in [1.29, 1.82) is 0 Å². The van der Waals surface area contributed by atoms with Crippen LogP contribution in [0.4, 0.5) is 0 Å². The molecule has 5 heteroatoms. The van der Waals surface area contributed by atoms with Gasteiger partial charge in [0.15, 0.2) is 11.5 Å². The summed E-state index contributed by atoms with van der Waals surface area (Å²) < 4.78 is 10.7. The number of ether oxygens (including phenoxy) is 2. The number of nitrogens with zero attached hydrogens (tertiary/aromatic N) is 1. The first-order chi connectivity index (χ1) is 9.67. The lowest BCUT2D eigenvalue weighted by Crippen LogP contribution is -2.44.